The minimum Gasteiger partial charge on any atom is -0.480 e. The predicted molar refractivity (Wildman–Crippen MR) is 64.1 cm³/mol. The van der Waals surface area contributed by atoms with Crippen molar-refractivity contribution in [3.05, 3.63) is 0 Å². The molecule has 0 heterocycles. The van der Waals surface area contributed by atoms with Gasteiger partial charge in [0, 0.05) is 0 Å². The molecule has 0 fully saturated rings. The summed E-state index contributed by atoms with van der Waals surface area (Å²) in [5.41, 5.74) is 9.53. The molecule has 20 heavy (non-hydrogen) atoms. The van der Waals surface area contributed by atoms with E-state index < -0.39 is 55.8 Å². The second-order valence-electron chi connectivity index (χ2n) is 3.39. The van der Waals surface area contributed by atoms with Crippen molar-refractivity contribution < 1.29 is 45.7 Å². The lowest BCUT2D eigenvalue weighted by Gasteiger charge is -2.01. The van der Waals surface area contributed by atoms with Gasteiger partial charge in [-0.1, -0.05) is 0 Å². The van der Waals surface area contributed by atoms with E-state index in [4.69, 9.17) is 30.8 Å². The third kappa shape index (κ3) is 14.7. The molecule has 0 rings (SSSR count). The normalized spacial score (nSPS) is 14.6. The molecule has 8 N–H and O–H groups in total. The van der Waals surface area contributed by atoms with Crippen LogP contribution in [-0.2, 0) is 29.8 Å². The van der Waals surface area contributed by atoms with Gasteiger partial charge in [0.25, 0.3) is 20.2 Å². The number of rotatable bonds is 6. The van der Waals surface area contributed by atoms with Gasteiger partial charge in [0.15, 0.2) is 0 Å². The SMILES string of the molecule is NC(CS(=O)(=O)O)C(=O)O.NC(CS(=O)(=O)O)C(=O)O. The van der Waals surface area contributed by atoms with Gasteiger partial charge in [0.05, 0.1) is 0 Å². The highest BCUT2D eigenvalue weighted by atomic mass is 32.2. The van der Waals surface area contributed by atoms with Crippen molar-refractivity contribution in [1.29, 1.82) is 0 Å². The van der Waals surface area contributed by atoms with Crippen LogP contribution in [0.25, 0.3) is 0 Å². The number of carboxylic acids is 2. The molecule has 2 unspecified atom stereocenters. The van der Waals surface area contributed by atoms with E-state index in [2.05, 4.69) is 0 Å². The van der Waals surface area contributed by atoms with Crippen molar-refractivity contribution in [2.45, 2.75) is 12.1 Å². The smallest absolute Gasteiger partial charge is 0.321 e. The third-order valence-corrected chi connectivity index (χ3v) is 2.98. The number of hydrogen-bond donors (Lipinski definition) is 6. The first-order valence-electron chi connectivity index (χ1n) is 4.53. The van der Waals surface area contributed by atoms with Gasteiger partial charge in [-0.2, -0.15) is 16.8 Å². The van der Waals surface area contributed by atoms with E-state index in [1.165, 1.54) is 0 Å². The summed E-state index contributed by atoms with van der Waals surface area (Å²) in [6, 6.07) is -3.12. The van der Waals surface area contributed by atoms with Gasteiger partial charge >= 0.3 is 11.9 Å². The second-order valence-corrected chi connectivity index (χ2v) is 6.38. The van der Waals surface area contributed by atoms with Crippen LogP contribution in [0.2, 0.25) is 0 Å². The molecule has 2 atom stereocenters. The Bertz CT molecular complexity index is 488. The summed E-state index contributed by atoms with van der Waals surface area (Å²) in [6.07, 6.45) is 0. The van der Waals surface area contributed by atoms with Crippen molar-refractivity contribution in [2.24, 2.45) is 11.5 Å². The highest BCUT2D eigenvalue weighted by Crippen LogP contribution is 1.87. The highest BCUT2D eigenvalue weighted by Gasteiger charge is 2.19. The van der Waals surface area contributed by atoms with E-state index in [1.807, 2.05) is 0 Å². The van der Waals surface area contributed by atoms with Crippen LogP contribution in [0.1, 0.15) is 0 Å². The van der Waals surface area contributed by atoms with E-state index in [-0.39, 0.29) is 0 Å². The molecular formula is C6H14N2O10S2. The minimum atomic E-state index is -4.27. The van der Waals surface area contributed by atoms with Gasteiger partial charge in [-0.05, 0) is 0 Å². The molecule has 0 radical (unpaired) electrons. The van der Waals surface area contributed by atoms with Gasteiger partial charge in [0.1, 0.15) is 23.6 Å². The molecule has 120 valence electrons. The van der Waals surface area contributed by atoms with Crippen molar-refractivity contribution in [3.63, 3.8) is 0 Å². The molecule has 0 aromatic rings. The molecule has 0 aromatic carbocycles. The average molecular weight is 338 g/mol. The monoisotopic (exact) mass is 338 g/mol. The molecular weight excluding hydrogens is 324 g/mol. The Hall–Kier alpha value is -1.32. The fourth-order valence-corrected chi connectivity index (χ4v) is 1.79. The first-order chi connectivity index (χ1) is 8.65. The molecule has 0 saturated heterocycles. The van der Waals surface area contributed by atoms with Crippen LogP contribution in [0.5, 0.6) is 0 Å². The van der Waals surface area contributed by atoms with Gasteiger partial charge in [-0.3, -0.25) is 18.7 Å². The molecule has 12 nitrogen and oxygen atoms in total. The zero-order chi connectivity index (χ0) is 16.7. The predicted octanol–water partition coefficient (Wildman–Crippen LogP) is -3.43. The van der Waals surface area contributed by atoms with Crippen LogP contribution in [-0.4, -0.2) is 71.7 Å². The first kappa shape index (κ1) is 21.0. The number of nitrogens with two attached hydrogens (primary N) is 2. The standard InChI is InChI=1S/2C3H7NO5S/c2*4-2(3(5)6)1-10(7,8)9/h2*2H,1,4H2,(H,5,6)(H,7,8,9). The van der Waals surface area contributed by atoms with E-state index in [1.54, 1.807) is 0 Å². The molecule has 0 aliphatic rings. The minimum absolute atomic E-state index is 0.956. The number of hydrogen-bond acceptors (Lipinski definition) is 8. The van der Waals surface area contributed by atoms with E-state index in [0.717, 1.165) is 0 Å². The van der Waals surface area contributed by atoms with Crippen molar-refractivity contribution in [2.75, 3.05) is 11.5 Å². The molecule has 0 saturated carbocycles. The van der Waals surface area contributed by atoms with E-state index in [0.29, 0.717) is 0 Å². The topological polar surface area (TPSA) is 235 Å². The van der Waals surface area contributed by atoms with Gasteiger partial charge in [-0.25, -0.2) is 0 Å². The maximum atomic E-state index is 9.96. The van der Waals surface area contributed by atoms with Crippen LogP contribution in [0.4, 0.5) is 0 Å². The quantitative estimate of drug-likeness (QED) is 0.259. The van der Waals surface area contributed by atoms with E-state index >= 15 is 0 Å². The first-order valence-corrected chi connectivity index (χ1v) is 7.74. The average Bonchev–Trinajstić information content (AvgIpc) is 2.12. The molecule has 0 spiro atoms. The lowest BCUT2D eigenvalue weighted by atomic mass is 10.4. The molecule has 14 heteroatoms. The Labute approximate surface area is 113 Å². The Morgan fingerprint density at radius 2 is 1.00 bits per heavy atom. The molecule has 0 aliphatic carbocycles. The Kier molecular flexibility index (Phi) is 8.47. The lowest BCUT2D eigenvalue weighted by molar-refractivity contribution is -0.138. The van der Waals surface area contributed by atoms with Crippen LogP contribution >= 0.6 is 0 Å². The fraction of sp³-hybridized carbons (Fsp3) is 0.667. The molecule has 0 aliphatic heterocycles. The van der Waals surface area contributed by atoms with Crippen molar-refractivity contribution in [1.82, 2.24) is 0 Å². The maximum Gasteiger partial charge on any atom is 0.321 e. The Morgan fingerprint density at radius 1 is 0.800 bits per heavy atom. The number of aliphatic carboxylic acids is 2. The largest absolute Gasteiger partial charge is 0.480 e. The summed E-state index contributed by atoms with van der Waals surface area (Å²) >= 11 is 0. The van der Waals surface area contributed by atoms with Crippen molar-refractivity contribution in [3.8, 4) is 0 Å². The van der Waals surface area contributed by atoms with Gasteiger partial charge in [-0.15, -0.1) is 0 Å². The Morgan fingerprint density at radius 3 is 1.05 bits per heavy atom. The summed E-state index contributed by atoms with van der Waals surface area (Å²) in [5.74, 6) is -4.83. The maximum absolute atomic E-state index is 9.96. The lowest BCUT2D eigenvalue weighted by Crippen LogP contribution is -2.36. The van der Waals surface area contributed by atoms with Crippen LogP contribution in [0, 0.1) is 0 Å². The number of carboxylic acid groups (broad SMARTS) is 2. The van der Waals surface area contributed by atoms with E-state index in [9.17, 15) is 26.4 Å². The van der Waals surface area contributed by atoms with Gasteiger partial charge < -0.3 is 21.7 Å². The second kappa shape index (κ2) is 8.08. The molecule has 0 amide bonds. The number of carbonyl (C=O) groups is 2. The fourth-order valence-electron chi connectivity index (χ4n) is 0.596. The van der Waals surface area contributed by atoms with Crippen LogP contribution in [0.3, 0.4) is 0 Å². The summed E-state index contributed by atoms with van der Waals surface area (Å²) in [5, 5.41) is 16.1. The molecule has 0 bridgehead atoms. The molecule has 0 aromatic heterocycles. The van der Waals surface area contributed by atoms with Crippen LogP contribution in [0.15, 0.2) is 0 Å². The third-order valence-electron chi connectivity index (χ3n) is 1.41. The zero-order valence-electron chi connectivity index (χ0n) is 9.78. The Balaban J connectivity index is 0. The van der Waals surface area contributed by atoms with Crippen molar-refractivity contribution >= 4 is 32.2 Å². The summed E-state index contributed by atoms with van der Waals surface area (Å²) < 4.78 is 56.0. The summed E-state index contributed by atoms with van der Waals surface area (Å²) in [4.78, 5) is 19.8. The summed E-state index contributed by atoms with van der Waals surface area (Å²) in [6.45, 7) is 0. The highest BCUT2D eigenvalue weighted by molar-refractivity contribution is 7.86. The van der Waals surface area contributed by atoms with Gasteiger partial charge in [0.2, 0.25) is 0 Å². The van der Waals surface area contributed by atoms with Crippen LogP contribution < -0.4 is 11.5 Å². The zero-order valence-corrected chi connectivity index (χ0v) is 11.4. The summed E-state index contributed by atoms with van der Waals surface area (Å²) in [7, 11) is -8.55.